The molecule has 0 saturated heterocycles. The van der Waals surface area contributed by atoms with Crippen LogP contribution in [0.3, 0.4) is 0 Å². The first-order chi connectivity index (χ1) is 11.1. The van der Waals surface area contributed by atoms with Crippen LogP contribution in [-0.4, -0.2) is 32.0 Å². The van der Waals surface area contributed by atoms with Crippen molar-refractivity contribution >= 4 is 17.4 Å². The lowest BCUT2D eigenvalue weighted by molar-refractivity contribution is -0.119. The van der Waals surface area contributed by atoms with Gasteiger partial charge in [0.15, 0.2) is 0 Å². The highest BCUT2D eigenvalue weighted by molar-refractivity contribution is 5.89. The predicted molar refractivity (Wildman–Crippen MR) is 87.1 cm³/mol. The van der Waals surface area contributed by atoms with Crippen molar-refractivity contribution in [2.45, 2.75) is 26.2 Å². The molecule has 1 aromatic rings. The molecule has 1 saturated carbocycles. The Balaban J connectivity index is 1.91. The number of carbonyl (C=O) groups is 2. The molecule has 2 rings (SSSR count). The highest BCUT2D eigenvalue weighted by Crippen LogP contribution is 2.31. The number of Topliss-reactive ketones (excluding diaryl/α,β-unsaturated/α-hetero) is 1. The van der Waals surface area contributed by atoms with Gasteiger partial charge in [-0.05, 0) is 49.9 Å². The zero-order chi connectivity index (χ0) is 16.8. The number of ether oxygens (including phenoxy) is 1. The third-order valence-corrected chi connectivity index (χ3v) is 4.37. The summed E-state index contributed by atoms with van der Waals surface area (Å²) in [5.74, 6) is -0.509. The number of nitrogens with zero attached hydrogens (tertiary/aromatic N) is 2. The normalized spacial score (nSPS) is 20.1. The first-order valence-electron chi connectivity index (χ1n) is 7.97. The molecule has 2 atom stereocenters. The number of carbonyl (C=O) groups excluding carboxylic acids is 2. The highest BCUT2D eigenvalue weighted by atomic mass is 16.5. The molecule has 1 aliphatic rings. The van der Waals surface area contributed by atoms with Crippen LogP contribution in [-0.2, 0) is 9.53 Å². The zero-order valence-corrected chi connectivity index (χ0v) is 13.6. The molecule has 0 N–H and O–H groups in total. The lowest BCUT2D eigenvalue weighted by Gasteiger charge is -2.22. The molecule has 1 aliphatic carbocycles. The van der Waals surface area contributed by atoms with Gasteiger partial charge in [-0.3, -0.25) is 4.79 Å². The van der Waals surface area contributed by atoms with E-state index in [0.717, 1.165) is 25.1 Å². The Morgan fingerprint density at radius 1 is 1.39 bits per heavy atom. The summed E-state index contributed by atoms with van der Waals surface area (Å²) in [6, 6.07) is 9.41. The number of esters is 1. The van der Waals surface area contributed by atoms with E-state index in [2.05, 4.69) is 11.0 Å². The van der Waals surface area contributed by atoms with Gasteiger partial charge in [-0.1, -0.05) is 0 Å². The number of hydrogen-bond donors (Lipinski definition) is 0. The van der Waals surface area contributed by atoms with Crippen molar-refractivity contribution in [3.8, 4) is 6.07 Å². The van der Waals surface area contributed by atoms with Crippen LogP contribution in [0.25, 0.3) is 0 Å². The van der Waals surface area contributed by atoms with Crippen LogP contribution in [0.15, 0.2) is 24.3 Å². The smallest absolute Gasteiger partial charge is 0.338 e. The van der Waals surface area contributed by atoms with Crippen LogP contribution < -0.4 is 4.90 Å². The molecule has 0 spiro atoms. The standard InChI is InChI=1S/C18H22N2O3/c1-3-23-18(22)14-4-7-15(8-5-14)20(2)11-10-13-6-9-17(21)16(13)12-19/h4-5,7-8,13,16H,3,6,9-11H2,1-2H3. The van der Waals surface area contributed by atoms with Crippen LogP contribution in [0.1, 0.15) is 36.5 Å². The molecule has 0 aliphatic heterocycles. The summed E-state index contributed by atoms with van der Waals surface area (Å²) in [6.45, 7) is 2.91. The number of nitriles is 1. The van der Waals surface area contributed by atoms with Gasteiger partial charge < -0.3 is 9.64 Å². The molecule has 0 amide bonds. The molecular weight excluding hydrogens is 292 g/mol. The Hall–Kier alpha value is -2.35. The SMILES string of the molecule is CCOC(=O)c1ccc(N(C)CCC2CCC(=O)C2C#N)cc1. The second-order valence-corrected chi connectivity index (χ2v) is 5.85. The molecule has 0 aromatic heterocycles. The number of anilines is 1. The monoisotopic (exact) mass is 314 g/mol. The quantitative estimate of drug-likeness (QED) is 0.755. The number of hydrogen-bond acceptors (Lipinski definition) is 5. The molecule has 0 radical (unpaired) electrons. The van der Waals surface area contributed by atoms with E-state index in [4.69, 9.17) is 10.00 Å². The first kappa shape index (κ1) is 17.0. The molecule has 1 aromatic carbocycles. The topological polar surface area (TPSA) is 70.4 Å². The summed E-state index contributed by atoms with van der Waals surface area (Å²) in [7, 11) is 1.97. The largest absolute Gasteiger partial charge is 0.462 e. The highest BCUT2D eigenvalue weighted by Gasteiger charge is 2.34. The number of benzene rings is 1. The Morgan fingerprint density at radius 3 is 2.70 bits per heavy atom. The van der Waals surface area contributed by atoms with Crippen LogP contribution >= 0.6 is 0 Å². The van der Waals surface area contributed by atoms with Crippen LogP contribution in [0.2, 0.25) is 0 Å². The lowest BCUT2D eigenvalue weighted by Crippen LogP contribution is -2.23. The summed E-state index contributed by atoms with van der Waals surface area (Å²) >= 11 is 0. The second-order valence-electron chi connectivity index (χ2n) is 5.85. The van der Waals surface area contributed by atoms with Gasteiger partial charge in [0.1, 0.15) is 11.7 Å². The molecule has 2 unspecified atom stereocenters. The summed E-state index contributed by atoms with van der Waals surface area (Å²) in [5.41, 5.74) is 1.53. The third kappa shape index (κ3) is 4.10. The molecule has 0 heterocycles. The maximum absolute atomic E-state index is 11.6. The predicted octanol–water partition coefficient (Wildman–Crippen LogP) is 2.81. The fourth-order valence-corrected chi connectivity index (χ4v) is 2.96. The molecule has 0 bridgehead atoms. The average molecular weight is 314 g/mol. The number of ketones is 1. The number of rotatable bonds is 6. The van der Waals surface area contributed by atoms with E-state index in [1.54, 1.807) is 19.1 Å². The fourth-order valence-electron chi connectivity index (χ4n) is 2.96. The van der Waals surface area contributed by atoms with Gasteiger partial charge in [-0.25, -0.2) is 4.79 Å². The minimum absolute atomic E-state index is 0.0824. The zero-order valence-electron chi connectivity index (χ0n) is 13.6. The summed E-state index contributed by atoms with van der Waals surface area (Å²) in [6.07, 6.45) is 2.16. The van der Waals surface area contributed by atoms with E-state index in [-0.39, 0.29) is 17.7 Å². The second kappa shape index (κ2) is 7.77. The van der Waals surface area contributed by atoms with Gasteiger partial charge in [0.2, 0.25) is 0 Å². The Labute approximate surface area is 136 Å². The molecule has 122 valence electrons. The van der Waals surface area contributed by atoms with Crippen LogP contribution in [0.5, 0.6) is 0 Å². The van der Waals surface area contributed by atoms with Crippen molar-refractivity contribution in [2.24, 2.45) is 11.8 Å². The van der Waals surface area contributed by atoms with Gasteiger partial charge >= 0.3 is 5.97 Å². The van der Waals surface area contributed by atoms with Crippen molar-refractivity contribution < 1.29 is 14.3 Å². The van der Waals surface area contributed by atoms with Gasteiger partial charge in [-0.15, -0.1) is 0 Å². The van der Waals surface area contributed by atoms with E-state index in [9.17, 15) is 9.59 Å². The van der Waals surface area contributed by atoms with Crippen molar-refractivity contribution in [3.63, 3.8) is 0 Å². The van der Waals surface area contributed by atoms with Crippen molar-refractivity contribution in [3.05, 3.63) is 29.8 Å². The van der Waals surface area contributed by atoms with Gasteiger partial charge in [0.05, 0.1) is 18.2 Å². The molecule has 5 nitrogen and oxygen atoms in total. The molecule has 23 heavy (non-hydrogen) atoms. The van der Waals surface area contributed by atoms with E-state index >= 15 is 0 Å². The Kier molecular flexibility index (Phi) is 5.75. The van der Waals surface area contributed by atoms with E-state index in [1.165, 1.54) is 0 Å². The van der Waals surface area contributed by atoms with Crippen molar-refractivity contribution in [1.29, 1.82) is 5.26 Å². The lowest BCUT2D eigenvalue weighted by atomic mass is 9.93. The average Bonchev–Trinajstić information content (AvgIpc) is 2.92. The minimum atomic E-state index is -0.436. The molecule has 5 heteroatoms. The van der Waals surface area contributed by atoms with E-state index in [0.29, 0.717) is 18.6 Å². The maximum Gasteiger partial charge on any atom is 0.338 e. The summed E-state index contributed by atoms with van der Waals surface area (Å²) < 4.78 is 4.96. The van der Waals surface area contributed by atoms with E-state index in [1.807, 2.05) is 19.2 Å². The van der Waals surface area contributed by atoms with Crippen molar-refractivity contribution in [2.75, 3.05) is 25.1 Å². The maximum atomic E-state index is 11.6. The summed E-state index contributed by atoms with van der Waals surface area (Å²) in [5, 5.41) is 9.09. The van der Waals surface area contributed by atoms with Gasteiger partial charge in [-0.2, -0.15) is 5.26 Å². The third-order valence-electron chi connectivity index (χ3n) is 4.37. The van der Waals surface area contributed by atoms with Crippen LogP contribution in [0.4, 0.5) is 5.69 Å². The van der Waals surface area contributed by atoms with Gasteiger partial charge in [0.25, 0.3) is 0 Å². The molecular formula is C18H22N2O3. The molecule has 1 fully saturated rings. The summed E-state index contributed by atoms with van der Waals surface area (Å²) in [4.78, 5) is 25.3. The van der Waals surface area contributed by atoms with E-state index < -0.39 is 5.92 Å². The minimum Gasteiger partial charge on any atom is -0.462 e. The van der Waals surface area contributed by atoms with Gasteiger partial charge in [0, 0.05) is 25.7 Å². The first-order valence-corrected chi connectivity index (χ1v) is 7.97. The Bertz CT molecular complexity index is 604. The van der Waals surface area contributed by atoms with Crippen LogP contribution in [0, 0.1) is 23.2 Å². The van der Waals surface area contributed by atoms with Crippen molar-refractivity contribution in [1.82, 2.24) is 0 Å². The Morgan fingerprint density at radius 2 is 2.09 bits per heavy atom. The fraction of sp³-hybridized carbons (Fsp3) is 0.500.